The molecule has 1 aromatic carbocycles. The van der Waals surface area contributed by atoms with Gasteiger partial charge in [-0.1, -0.05) is 43.7 Å². The van der Waals surface area contributed by atoms with Crippen LogP contribution >= 0.6 is 0 Å². The molecule has 3 rings (SSSR count). The maximum absolute atomic E-state index is 13.1. The molecule has 0 spiro atoms. The van der Waals surface area contributed by atoms with Gasteiger partial charge in [0.15, 0.2) is 0 Å². The number of nitrogens with zero attached hydrogens (tertiary/aromatic N) is 2. The van der Waals surface area contributed by atoms with E-state index in [1.165, 1.54) is 4.90 Å². The quantitative estimate of drug-likeness (QED) is 0.719. The topological polar surface area (TPSA) is 79.0 Å². The van der Waals surface area contributed by atoms with E-state index in [0.29, 0.717) is 32.8 Å². The predicted molar refractivity (Wildman–Crippen MR) is 104 cm³/mol. The van der Waals surface area contributed by atoms with Gasteiger partial charge in [0.05, 0.1) is 0 Å². The van der Waals surface area contributed by atoms with E-state index < -0.39 is 17.9 Å². The van der Waals surface area contributed by atoms with Crippen molar-refractivity contribution in [2.75, 3.05) is 32.8 Å². The van der Waals surface area contributed by atoms with E-state index in [0.717, 1.165) is 31.2 Å². The van der Waals surface area contributed by atoms with Gasteiger partial charge in [-0.2, -0.15) is 0 Å². The normalized spacial score (nSPS) is 19.6. The van der Waals surface area contributed by atoms with Gasteiger partial charge in [0, 0.05) is 38.9 Å². The molecule has 1 aromatic rings. The third kappa shape index (κ3) is 4.70. The zero-order valence-electron chi connectivity index (χ0n) is 16.4. The van der Waals surface area contributed by atoms with Crippen LogP contribution in [-0.4, -0.2) is 66.4 Å². The van der Waals surface area contributed by atoms with Crippen LogP contribution in [0.15, 0.2) is 30.3 Å². The fraction of sp³-hybridized carbons (Fsp3) is 0.571. The molecule has 3 amide bonds. The summed E-state index contributed by atoms with van der Waals surface area (Å²) in [7, 11) is 0. The van der Waals surface area contributed by atoms with Gasteiger partial charge in [-0.15, -0.1) is 0 Å². The van der Waals surface area contributed by atoms with Crippen molar-refractivity contribution >= 4 is 17.7 Å². The smallest absolute Gasteiger partial charge is 0.313 e. The summed E-state index contributed by atoms with van der Waals surface area (Å²) in [6.45, 7) is 4.68. The zero-order chi connectivity index (χ0) is 19.9. The van der Waals surface area contributed by atoms with Gasteiger partial charge >= 0.3 is 11.8 Å². The second kappa shape index (κ2) is 9.68. The summed E-state index contributed by atoms with van der Waals surface area (Å²) in [6, 6.07) is 8.44. The van der Waals surface area contributed by atoms with Crippen molar-refractivity contribution in [3.05, 3.63) is 35.9 Å². The highest BCUT2D eigenvalue weighted by Crippen LogP contribution is 2.24. The Kier molecular flexibility index (Phi) is 7.03. The molecule has 0 saturated carbocycles. The number of unbranched alkanes of at least 4 members (excludes halogenated alkanes) is 1. The zero-order valence-corrected chi connectivity index (χ0v) is 16.4. The predicted octanol–water partition coefficient (Wildman–Crippen LogP) is 1.49. The minimum atomic E-state index is -0.797. The highest BCUT2D eigenvalue weighted by Gasteiger charge is 2.40. The molecule has 2 aliphatic heterocycles. The minimum Gasteiger partial charge on any atom is -0.381 e. The molecule has 2 aliphatic rings. The number of hydrogen-bond acceptors (Lipinski definition) is 4. The monoisotopic (exact) mass is 387 g/mol. The second-order valence-corrected chi connectivity index (χ2v) is 7.35. The van der Waals surface area contributed by atoms with Crippen molar-refractivity contribution in [3.8, 4) is 0 Å². The van der Waals surface area contributed by atoms with Crippen molar-refractivity contribution < 1.29 is 19.1 Å². The maximum Gasteiger partial charge on any atom is 0.313 e. The fourth-order valence-corrected chi connectivity index (χ4v) is 3.73. The number of hydrogen-bond donors (Lipinski definition) is 1. The summed E-state index contributed by atoms with van der Waals surface area (Å²) in [4.78, 5) is 41.6. The Morgan fingerprint density at radius 3 is 2.54 bits per heavy atom. The summed E-state index contributed by atoms with van der Waals surface area (Å²) in [5.74, 6) is -1.35. The van der Waals surface area contributed by atoms with Gasteiger partial charge in [-0.25, -0.2) is 0 Å². The average Bonchev–Trinajstić information content (AvgIpc) is 2.72. The van der Waals surface area contributed by atoms with Crippen LogP contribution < -0.4 is 5.32 Å². The van der Waals surface area contributed by atoms with Gasteiger partial charge in [0.25, 0.3) is 0 Å². The number of ether oxygens (including phenoxy) is 1. The number of carbonyl (C=O) groups is 3. The van der Waals surface area contributed by atoms with E-state index >= 15 is 0 Å². The number of carbonyl (C=O) groups excluding carboxylic acids is 3. The lowest BCUT2D eigenvalue weighted by Crippen LogP contribution is -2.58. The average molecular weight is 387 g/mol. The van der Waals surface area contributed by atoms with Crippen LogP contribution in [0, 0.1) is 0 Å². The summed E-state index contributed by atoms with van der Waals surface area (Å²) in [5.41, 5.74) is 0.718. The van der Waals surface area contributed by atoms with Gasteiger partial charge in [0.1, 0.15) is 6.04 Å². The van der Waals surface area contributed by atoms with E-state index in [1.54, 1.807) is 4.90 Å². The Hall–Kier alpha value is -2.41. The highest BCUT2D eigenvalue weighted by molar-refractivity contribution is 6.35. The first kappa shape index (κ1) is 20.3. The second-order valence-electron chi connectivity index (χ2n) is 7.35. The van der Waals surface area contributed by atoms with Crippen molar-refractivity contribution in [3.63, 3.8) is 0 Å². The SMILES string of the molecule is CCCCN1CCN([C@@H](C(=O)NC2CCOCC2)c2ccccc2)C(=O)C1=O. The summed E-state index contributed by atoms with van der Waals surface area (Å²) in [5, 5.41) is 3.06. The molecule has 0 unspecified atom stereocenters. The molecule has 0 radical (unpaired) electrons. The molecule has 2 fully saturated rings. The van der Waals surface area contributed by atoms with Gasteiger partial charge in [-0.3, -0.25) is 14.4 Å². The van der Waals surface area contributed by atoms with Crippen molar-refractivity contribution in [1.29, 1.82) is 0 Å². The summed E-state index contributed by atoms with van der Waals surface area (Å²) < 4.78 is 5.35. The van der Waals surface area contributed by atoms with Crippen LogP contribution in [-0.2, 0) is 19.1 Å². The molecule has 0 aromatic heterocycles. The molecule has 0 aliphatic carbocycles. The Bertz CT molecular complexity index is 688. The maximum atomic E-state index is 13.1. The van der Waals surface area contributed by atoms with Crippen molar-refractivity contribution in [1.82, 2.24) is 15.1 Å². The van der Waals surface area contributed by atoms with E-state index in [-0.39, 0.29) is 11.9 Å². The lowest BCUT2D eigenvalue weighted by atomic mass is 10.0. The Balaban J connectivity index is 1.78. The first-order valence-corrected chi connectivity index (χ1v) is 10.1. The third-order valence-electron chi connectivity index (χ3n) is 5.37. The fourth-order valence-electron chi connectivity index (χ4n) is 3.73. The molecule has 152 valence electrons. The Morgan fingerprint density at radius 2 is 1.86 bits per heavy atom. The minimum absolute atomic E-state index is 0.0316. The molecule has 0 bridgehead atoms. The van der Waals surface area contributed by atoms with Crippen LogP contribution in [0.25, 0.3) is 0 Å². The third-order valence-corrected chi connectivity index (χ3v) is 5.37. The van der Waals surface area contributed by atoms with Gasteiger partial charge in [-0.05, 0) is 24.8 Å². The van der Waals surface area contributed by atoms with Crippen LogP contribution in [0.1, 0.15) is 44.2 Å². The lowest BCUT2D eigenvalue weighted by Gasteiger charge is -2.38. The molecule has 1 N–H and O–H groups in total. The van der Waals surface area contributed by atoms with E-state index in [1.807, 2.05) is 30.3 Å². The van der Waals surface area contributed by atoms with Gasteiger partial charge in [0.2, 0.25) is 5.91 Å². The van der Waals surface area contributed by atoms with Crippen LogP contribution in [0.3, 0.4) is 0 Å². The van der Waals surface area contributed by atoms with Gasteiger partial charge < -0.3 is 19.9 Å². The Labute approximate surface area is 166 Å². The number of rotatable bonds is 7. The van der Waals surface area contributed by atoms with E-state index in [4.69, 9.17) is 4.74 Å². The Morgan fingerprint density at radius 1 is 1.14 bits per heavy atom. The lowest BCUT2D eigenvalue weighted by molar-refractivity contribution is -0.159. The van der Waals surface area contributed by atoms with Crippen LogP contribution in [0.4, 0.5) is 0 Å². The number of nitrogens with one attached hydrogen (secondary N) is 1. The van der Waals surface area contributed by atoms with E-state index in [9.17, 15) is 14.4 Å². The van der Waals surface area contributed by atoms with Crippen LogP contribution in [0.5, 0.6) is 0 Å². The van der Waals surface area contributed by atoms with Crippen LogP contribution in [0.2, 0.25) is 0 Å². The van der Waals surface area contributed by atoms with E-state index in [2.05, 4.69) is 12.2 Å². The summed E-state index contributed by atoms with van der Waals surface area (Å²) >= 11 is 0. The molecular formula is C21H29N3O4. The molecule has 28 heavy (non-hydrogen) atoms. The first-order chi connectivity index (χ1) is 13.6. The molecule has 1 atom stereocenters. The highest BCUT2D eigenvalue weighted by atomic mass is 16.5. The number of benzene rings is 1. The molecular weight excluding hydrogens is 358 g/mol. The molecule has 7 heteroatoms. The first-order valence-electron chi connectivity index (χ1n) is 10.1. The molecule has 2 saturated heterocycles. The number of amides is 3. The standard InChI is InChI=1S/C21H29N3O4/c1-2-3-11-23-12-13-24(21(27)20(23)26)18(16-7-5-4-6-8-16)19(25)22-17-9-14-28-15-10-17/h4-8,17-18H,2-3,9-15H2,1H3,(H,22,25)/t18-/m1/s1. The summed E-state index contributed by atoms with van der Waals surface area (Å²) in [6.07, 6.45) is 3.34. The molecule has 2 heterocycles. The number of piperazine rings is 1. The molecule has 7 nitrogen and oxygen atoms in total. The van der Waals surface area contributed by atoms with Crippen molar-refractivity contribution in [2.45, 2.75) is 44.7 Å². The largest absolute Gasteiger partial charge is 0.381 e. The van der Waals surface area contributed by atoms with Crippen molar-refractivity contribution in [2.24, 2.45) is 0 Å².